The number of nitrogens with zero attached hydrogens (tertiary/aromatic N) is 1. The molecule has 1 aliphatic heterocycles. The molecule has 0 bridgehead atoms. The van der Waals surface area contributed by atoms with Gasteiger partial charge in [0, 0.05) is 6.54 Å². The molecule has 0 spiro atoms. The number of hydrogen-bond acceptors (Lipinski definition) is 5. The molecule has 0 saturated carbocycles. The van der Waals surface area contributed by atoms with Gasteiger partial charge in [-0.15, -0.1) is 0 Å². The van der Waals surface area contributed by atoms with Crippen molar-refractivity contribution in [1.29, 1.82) is 0 Å². The summed E-state index contributed by atoms with van der Waals surface area (Å²) in [7, 11) is 1.44. The zero-order chi connectivity index (χ0) is 15.5. The van der Waals surface area contributed by atoms with E-state index in [1.54, 1.807) is 6.07 Å². The molecule has 2 N–H and O–H groups in total. The molecule has 0 aliphatic carbocycles. The zero-order valence-electron chi connectivity index (χ0n) is 12.1. The van der Waals surface area contributed by atoms with Gasteiger partial charge in [-0.2, -0.15) is 0 Å². The summed E-state index contributed by atoms with van der Waals surface area (Å²) in [5.74, 6) is 0.204. The largest absolute Gasteiger partial charge is 0.496 e. The van der Waals surface area contributed by atoms with Crippen molar-refractivity contribution in [2.24, 2.45) is 5.41 Å². The van der Waals surface area contributed by atoms with Gasteiger partial charge in [0.25, 0.3) is 5.69 Å². The molecule has 1 aromatic carbocycles. The summed E-state index contributed by atoms with van der Waals surface area (Å²) in [4.78, 5) is 23.1. The van der Waals surface area contributed by atoms with Gasteiger partial charge in [-0.25, -0.2) is 0 Å². The summed E-state index contributed by atoms with van der Waals surface area (Å²) >= 11 is 0. The summed E-state index contributed by atoms with van der Waals surface area (Å²) in [6.45, 7) is 3.33. The normalized spacial score (nSPS) is 21.0. The molecule has 1 atom stereocenters. The predicted molar refractivity (Wildman–Crippen MR) is 78.5 cm³/mol. The lowest BCUT2D eigenvalue weighted by atomic mass is 9.83. The van der Waals surface area contributed by atoms with Crippen LogP contribution in [0.15, 0.2) is 18.2 Å². The Balaban J connectivity index is 2.26. The average molecular weight is 293 g/mol. The summed E-state index contributed by atoms with van der Waals surface area (Å²) in [5.41, 5.74) is -0.459. The number of carbonyl (C=O) groups excluding carboxylic acids is 1. The Morgan fingerprint density at radius 1 is 1.57 bits per heavy atom. The van der Waals surface area contributed by atoms with Crippen LogP contribution in [-0.4, -0.2) is 31.0 Å². The lowest BCUT2D eigenvalue weighted by molar-refractivity contribution is -0.384. The van der Waals surface area contributed by atoms with E-state index in [0.29, 0.717) is 18.7 Å². The van der Waals surface area contributed by atoms with Gasteiger partial charge >= 0.3 is 0 Å². The number of methoxy groups -OCH3 is 1. The highest BCUT2D eigenvalue weighted by Crippen LogP contribution is 2.34. The highest BCUT2D eigenvalue weighted by molar-refractivity contribution is 5.97. The molecule has 1 heterocycles. The van der Waals surface area contributed by atoms with Crippen LogP contribution >= 0.6 is 0 Å². The number of hydrogen-bond donors (Lipinski definition) is 2. The van der Waals surface area contributed by atoms with E-state index in [-0.39, 0.29) is 17.3 Å². The van der Waals surface area contributed by atoms with Crippen molar-refractivity contribution in [3.63, 3.8) is 0 Å². The van der Waals surface area contributed by atoms with Crippen LogP contribution in [0, 0.1) is 15.5 Å². The number of nitro groups is 1. The van der Waals surface area contributed by atoms with Crippen molar-refractivity contribution >= 4 is 17.3 Å². The third kappa shape index (κ3) is 2.97. The Morgan fingerprint density at radius 2 is 2.33 bits per heavy atom. The quantitative estimate of drug-likeness (QED) is 0.639. The van der Waals surface area contributed by atoms with Crippen LogP contribution in [0.25, 0.3) is 0 Å². The average Bonchev–Trinajstić information content (AvgIpc) is 2.97. The minimum atomic E-state index is -0.524. The molecule has 1 unspecified atom stereocenters. The van der Waals surface area contributed by atoms with Gasteiger partial charge in [-0.05, 0) is 31.5 Å². The molecule has 0 aromatic heterocycles. The fraction of sp³-hybridized carbons (Fsp3) is 0.500. The summed E-state index contributed by atoms with van der Waals surface area (Å²) in [6.07, 6.45) is 1.43. The molecular formula is C14H19N3O4. The van der Waals surface area contributed by atoms with Crippen LogP contribution < -0.4 is 15.4 Å². The van der Waals surface area contributed by atoms with Gasteiger partial charge < -0.3 is 15.4 Å². The molecule has 7 heteroatoms. The Labute approximate surface area is 122 Å². The topological polar surface area (TPSA) is 93.5 Å². The van der Waals surface area contributed by atoms with Crippen LogP contribution in [0.3, 0.4) is 0 Å². The van der Waals surface area contributed by atoms with Crippen LogP contribution in [0.5, 0.6) is 5.75 Å². The Hall–Kier alpha value is -2.15. The maximum atomic E-state index is 12.5. The van der Waals surface area contributed by atoms with Crippen molar-refractivity contribution in [1.82, 2.24) is 5.32 Å². The fourth-order valence-corrected chi connectivity index (χ4v) is 2.55. The Morgan fingerprint density at radius 3 is 2.86 bits per heavy atom. The van der Waals surface area contributed by atoms with E-state index >= 15 is 0 Å². The minimum absolute atomic E-state index is 0.167. The Bertz CT molecular complexity index is 553. The Kier molecular flexibility index (Phi) is 4.42. The van der Waals surface area contributed by atoms with Gasteiger partial charge in [0.1, 0.15) is 11.4 Å². The monoisotopic (exact) mass is 293 g/mol. The summed E-state index contributed by atoms with van der Waals surface area (Å²) in [6, 6.07) is 4.40. The summed E-state index contributed by atoms with van der Waals surface area (Å²) < 4.78 is 4.98. The van der Waals surface area contributed by atoms with Crippen molar-refractivity contribution in [2.45, 2.75) is 19.8 Å². The first-order valence-electron chi connectivity index (χ1n) is 6.87. The number of ether oxygens (including phenoxy) is 1. The molecule has 7 nitrogen and oxygen atoms in total. The molecule has 1 amide bonds. The van der Waals surface area contributed by atoms with E-state index < -0.39 is 10.3 Å². The maximum Gasteiger partial charge on any atom is 0.296 e. The molecule has 1 aromatic rings. The van der Waals surface area contributed by atoms with E-state index in [1.165, 1.54) is 19.2 Å². The van der Waals surface area contributed by atoms with Gasteiger partial charge in [0.2, 0.25) is 5.91 Å². The number of nitrogens with one attached hydrogen (secondary N) is 2. The lowest BCUT2D eigenvalue weighted by Crippen LogP contribution is -2.37. The zero-order valence-corrected chi connectivity index (χ0v) is 12.1. The third-order valence-corrected chi connectivity index (χ3v) is 4.05. The standard InChI is InChI=1S/C14H19N3O4/c1-3-14(6-7-15-9-14)13(18)16-11-5-4-10(21-2)8-12(11)17(19)20/h4-5,8,15H,3,6-7,9H2,1-2H3,(H,16,18). The fourth-order valence-electron chi connectivity index (χ4n) is 2.55. The van der Waals surface area contributed by atoms with Gasteiger partial charge in [-0.1, -0.05) is 6.92 Å². The van der Waals surface area contributed by atoms with Crippen LogP contribution in [-0.2, 0) is 4.79 Å². The number of nitro benzene ring substituents is 1. The van der Waals surface area contributed by atoms with Crippen LogP contribution in [0.2, 0.25) is 0 Å². The van der Waals surface area contributed by atoms with Crippen molar-refractivity contribution in [3.05, 3.63) is 28.3 Å². The maximum absolute atomic E-state index is 12.5. The SMILES string of the molecule is CCC1(C(=O)Nc2ccc(OC)cc2[N+](=O)[O-])CCNC1. The highest BCUT2D eigenvalue weighted by Gasteiger charge is 2.40. The van der Waals surface area contributed by atoms with Crippen molar-refractivity contribution in [2.75, 3.05) is 25.5 Å². The van der Waals surface area contributed by atoms with Gasteiger partial charge in [0.05, 0.1) is 23.5 Å². The predicted octanol–water partition coefficient (Wildman–Crippen LogP) is 1.93. The molecule has 21 heavy (non-hydrogen) atoms. The van der Waals surface area contributed by atoms with E-state index in [1.807, 2.05) is 6.92 Å². The smallest absolute Gasteiger partial charge is 0.296 e. The van der Waals surface area contributed by atoms with Crippen LogP contribution in [0.1, 0.15) is 19.8 Å². The second-order valence-electron chi connectivity index (χ2n) is 5.15. The van der Waals surface area contributed by atoms with Gasteiger partial charge in [-0.3, -0.25) is 14.9 Å². The first-order chi connectivity index (χ1) is 10.0. The number of rotatable bonds is 5. The molecule has 1 saturated heterocycles. The van der Waals surface area contributed by atoms with Crippen molar-refractivity contribution < 1.29 is 14.5 Å². The second-order valence-corrected chi connectivity index (χ2v) is 5.15. The van der Waals surface area contributed by atoms with Gasteiger partial charge in [0.15, 0.2) is 0 Å². The molecule has 0 radical (unpaired) electrons. The summed E-state index contributed by atoms with van der Waals surface area (Å²) in [5, 5.41) is 17.0. The molecule has 2 rings (SSSR count). The number of carbonyl (C=O) groups is 1. The second kappa shape index (κ2) is 6.09. The highest BCUT2D eigenvalue weighted by atomic mass is 16.6. The van der Waals surface area contributed by atoms with E-state index in [0.717, 1.165) is 13.0 Å². The van der Waals surface area contributed by atoms with Crippen LogP contribution in [0.4, 0.5) is 11.4 Å². The van der Waals surface area contributed by atoms with Crippen molar-refractivity contribution in [3.8, 4) is 5.75 Å². The molecule has 114 valence electrons. The lowest BCUT2D eigenvalue weighted by Gasteiger charge is -2.25. The first-order valence-corrected chi connectivity index (χ1v) is 6.87. The number of anilines is 1. The molecule has 1 fully saturated rings. The molecular weight excluding hydrogens is 274 g/mol. The molecule has 1 aliphatic rings. The van der Waals surface area contributed by atoms with E-state index in [9.17, 15) is 14.9 Å². The minimum Gasteiger partial charge on any atom is -0.496 e. The first kappa shape index (κ1) is 15.2. The van der Waals surface area contributed by atoms with E-state index in [2.05, 4.69) is 10.6 Å². The van der Waals surface area contributed by atoms with E-state index in [4.69, 9.17) is 4.74 Å². The number of benzene rings is 1. The third-order valence-electron chi connectivity index (χ3n) is 4.05. The number of amides is 1.